The smallest absolute Gasteiger partial charge is 0.151 e. The molecule has 1 aliphatic heterocycles. The molecule has 1 atom stereocenters. The molecule has 2 N–H and O–H groups in total. The SMILES string of the molecule is C1=NC(NCCc2cnc[nH]2)S/C1=C\c1ccc2ncccc2c1. The zero-order valence-electron chi connectivity index (χ0n) is 13.0. The number of allylic oxidation sites excluding steroid dienone is 1. The molecule has 4 rings (SSSR count). The summed E-state index contributed by atoms with van der Waals surface area (Å²) in [5.41, 5.74) is 3.41. The van der Waals surface area contributed by atoms with E-state index in [9.17, 15) is 0 Å². The Hall–Kier alpha value is -2.44. The van der Waals surface area contributed by atoms with Crippen molar-refractivity contribution in [3.05, 3.63) is 65.2 Å². The molecule has 0 amide bonds. The Morgan fingerprint density at radius 1 is 1.29 bits per heavy atom. The molecule has 0 aliphatic carbocycles. The summed E-state index contributed by atoms with van der Waals surface area (Å²) in [4.78, 5) is 17.2. The van der Waals surface area contributed by atoms with Crippen molar-refractivity contribution in [3.63, 3.8) is 0 Å². The van der Waals surface area contributed by atoms with Gasteiger partial charge < -0.3 is 4.98 Å². The van der Waals surface area contributed by atoms with Crippen LogP contribution in [-0.2, 0) is 6.42 Å². The summed E-state index contributed by atoms with van der Waals surface area (Å²) in [6.07, 6.45) is 10.4. The third-order valence-electron chi connectivity index (χ3n) is 3.79. The number of aromatic nitrogens is 3. The lowest BCUT2D eigenvalue weighted by molar-refractivity contribution is 0.667. The number of thioether (sulfide) groups is 1. The minimum Gasteiger partial charge on any atom is -0.348 e. The van der Waals surface area contributed by atoms with Gasteiger partial charge in [-0.1, -0.05) is 23.9 Å². The molecule has 0 saturated heterocycles. The van der Waals surface area contributed by atoms with E-state index < -0.39 is 0 Å². The second-order valence-electron chi connectivity index (χ2n) is 5.53. The van der Waals surface area contributed by atoms with Gasteiger partial charge in [0, 0.05) is 47.6 Å². The minimum atomic E-state index is 0.0845. The zero-order chi connectivity index (χ0) is 16.2. The molecule has 0 bridgehead atoms. The van der Waals surface area contributed by atoms with Crippen LogP contribution in [0.2, 0.25) is 0 Å². The van der Waals surface area contributed by atoms with Gasteiger partial charge in [0.25, 0.3) is 0 Å². The molecular formula is C18H17N5S. The van der Waals surface area contributed by atoms with Gasteiger partial charge in [0.2, 0.25) is 0 Å². The Balaban J connectivity index is 1.36. The van der Waals surface area contributed by atoms with E-state index >= 15 is 0 Å². The molecule has 1 aliphatic rings. The maximum Gasteiger partial charge on any atom is 0.151 e. The van der Waals surface area contributed by atoms with Crippen LogP contribution in [0.25, 0.3) is 17.0 Å². The molecule has 2 aromatic heterocycles. The van der Waals surface area contributed by atoms with E-state index in [4.69, 9.17) is 0 Å². The van der Waals surface area contributed by atoms with Gasteiger partial charge in [0.15, 0.2) is 5.50 Å². The Bertz CT molecular complexity index is 885. The van der Waals surface area contributed by atoms with Crippen molar-refractivity contribution < 1.29 is 0 Å². The van der Waals surface area contributed by atoms with Crippen LogP contribution in [0, 0.1) is 0 Å². The second kappa shape index (κ2) is 6.98. The van der Waals surface area contributed by atoms with Gasteiger partial charge in [-0.15, -0.1) is 0 Å². The molecular weight excluding hydrogens is 318 g/mol. The van der Waals surface area contributed by atoms with E-state index in [0.29, 0.717) is 0 Å². The molecule has 0 saturated carbocycles. The highest BCUT2D eigenvalue weighted by atomic mass is 32.2. The van der Waals surface area contributed by atoms with Crippen LogP contribution in [0.15, 0.2) is 59.0 Å². The number of nitrogens with one attached hydrogen (secondary N) is 2. The van der Waals surface area contributed by atoms with E-state index in [-0.39, 0.29) is 5.50 Å². The van der Waals surface area contributed by atoms with Crippen LogP contribution in [-0.4, -0.2) is 33.2 Å². The number of imidazole rings is 1. The third-order valence-corrected chi connectivity index (χ3v) is 4.80. The van der Waals surface area contributed by atoms with E-state index in [1.54, 1.807) is 18.1 Å². The molecule has 0 spiro atoms. The van der Waals surface area contributed by atoms with E-state index in [1.165, 1.54) is 5.56 Å². The fraction of sp³-hybridized carbons (Fsp3) is 0.167. The molecule has 0 radical (unpaired) electrons. The van der Waals surface area contributed by atoms with Gasteiger partial charge in [-0.05, 0) is 29.8 Å². The van der Waals surface area contributed by atoms with Crippen molar-refractivity contribution in [3.8, 4) is 0 Å². The van der Waals surface area contributed by atoms with E-state index in [0.717, 1.165) is 34.5 Å². The molecule has 1 aromatic carbocycles. The summed E-state index contributed by atoms with van der Waals surface area (Å²) in [6.45, 7) is 0.867. The fourth-order valence-corrected chi connectivity index (χ4v) is 3.50. The highest BCUT2D eigenvalue weighted by molar-refractivity contribution is 8.04. The number of nitrogens with zero attached hydrogens (tertiary/aromatic N) is 3. The van der Waals surface area contributed by atoms with Crippen molar-refractivity contribution in [1.82, 2.24) is 20.3 Å². The standard InChI is InChI=1S/C18H17N5S/c1-2-14-8-13(3-4-17(14)20-6-1)9-16-11-22-18(24-16)21-7-5-15-10-19-12-23-15/h1-4,6,8-12,18,21H,5,7H2,(H,19,23)/b16-9-. The minimum absolute atomic E-state index is 0.0845. The first kappa shape index (κ1) is 15.1. The molecule has 6 heteroatoms. The summed E-state index contributed by atoms with van der Waals surface area (Å²) >= 11 is 1.73. The van der Waals surface area contributed by atoms with E-state index in [1.807, 2.05) is 24.7 Å². The summed E-state index contributed by atoms with van der Waals surface area (Å²) in [6, 6.07) is 10.3. The second-order valence-corrected chi connectivity index (χ2v) is 6.69. The number of pyridine rings is 1. The summed E-state index contributed by atoms with van der Waals surface area (Å²) in [5.74, 6) is 0. The van der Waals surface area contributed by atoms with Gasteiger partial charge in [0.05, 0.1) is 11.8 Å². The van der Waals surface area contributed by atoms with Crippen LogP contribution in [0.1, 0.15) is 11.3 Å². The summed E-state index contributed by atoms with van der Waals surface area (Å²) < 4.78 is 0. The van der Waals surface area contributed by atoms with Crippen molar-refractivity contribution in [2.45, 2.75) is 11.9 Å². The number of benzene rings is 1. The Labute approximate surface area is 144 Å². The van der Waals surface area contributed by atoms with Crippen LogP contribution >= 0.6 is 11.8 Å². The zero-order valence-corrected chi connectivity index (χ0v) is 13.8. The van der Waals surface area contributed by atoms with Gasteiger partial charge in [-0.25, -0.2) is 4.98 Å². The van der Waals surface area contributed by atoms with Crippen molar-refractivity contribution in [2.24, 2.45) is 4.99 Å². The highest BCUT2D eigenvalue weighted by Crippen LogP contribution is 2.28. The van der Waals surface area contributed by atoms with Crippen LogP contribution < -0.4 is 5.32 Å². The normalized spacial score (nSPS) is 18.7. The average molecular weight is 335 g/mol. The molecule has 0 fully saturated rings. The number of aliphatic imine (C=N–C) groups is 1. The van der Waals surface area contributed by atoms with Crippen molar-refractivity contribution >= 4 is 35.0 Å². The predicted molar refractivity (Wildman–Crippen MR) is 99.9 cm³/mol. The van der Waals surface area contributed by atoms with Gasteiger partial charge in [0.1, 0.15) is 0 Å². The number of rotatable bonds is 5. The van der Waals surface area contributed by atoms with Crippen LogP contribution in [0.5, 0.6) is 0 Å². The van der Waals surface area contributed by atoms with Crippen molar-refractivity contribution in [2.75, 3.05) is 6.54 Å². The van der Waals surface area contributed by atoms with Crippen molar-refractivity contribution in [1.29, 1.82) is 0 Å². The summed E-state index contributed by atoms with van der Waals surface area (Å²) in [7, 11) is 0. The number of H-pyrrole nitrogens is 1. The Kier molecular flexibility index (Phi) is 4.40. The monoisotopic (exact) mass is 335 g/mol. The number of hydrogen-bond acceptors (Lipinski definition) is 5. The first-order valence-corrected chi connectivity index (χ1v) is 8.72. The molecule has 3 heterocycles. The predicted octanol–water partition coefficient (Wildman–Crippen LogP) is 3.23. The lowest BCUT2D eigenvalue weighted by Crippen LogP contribution is -2.24. The fourth-order valence-electron chi connectivity index (χ4n) is 2.60. The van der Waals surface area contributed by atoms with Gasteiger partial charge >= 0.3 is 0 Å². The first-order valence-electron chi connectivity index (χ1n) is 7.84. The lowest BCUT2D eigenvalue weighted by atomic mass is 10.1. The maximum atomic E-state index is 4.51. The molecule has 1 unspecified atom stereocenters. The topological polar surface area (TPSA) is 66.0 Å². The molecule has 120 valence electrons. The molecule has 3 aromatic rings. The van der Waals surface area contributed by atoms with Gasteiger partial charge in [-0.2, -0.15) is 0 Å². The van der Waals surface area contributed by atoms with Crippen LogP contribution in [0.3, 0.4) is 0 Å². The first-order chi connectivity index (χ1) is 11.9. The quantitative estimate of drug-likeness (QED) is 0.751. The highest BCUT2D eigenvalue weighted by Gasteiger charge is 2.14. The number of fused-ring (bicyclic) bond motifs is 1. The number of hydrogen-bond donors (Lipinski definition) is 2. The van der Waals surface area contributed by atoms with E-state index in [2.05, 4.69) is 55.6 Å². The third kappa shape index (κ3) is 3.55. The van der Waals surface area contributed by atoms with Crippen LogP contribution in [0.4, 0.5) is 0 Å². The molecule has 5 nitrogen and oxygen atoms in total. The lowest BCUT2D eigenvalue weighted by Gasteiger charge is -2.08. The van der Waals surface area contributed by atoms with Gasteiger partial charge in [-0.3, -0.25) is 15.3 Å². The maximum absolute atomic E-state index is 4.51. The Morgan fingerprint density at radius 3 is 3.21 bits per heavy atom. The number of aromatic amines is 1. The molecule has 24 heavy (non-hydrogen) atoms. The largest absolute Gasteiger partial charge is 0.348 e. The Morgan fingerprint density at radius 2 is 2.29 bits per heavy atom. The average Bonchev–Trinajstić information content (AvgIpc) is 3.27. The summed E-state index contributed by atoms with van der Waals surface area (Å²) in [5, 5.41) is 4.59.